The van der Waals surface area contributed by atoms with Crippen molar-refractivity contribution in [3.8, 4) is 0 Å². The number of aliphatic hydroxyl groups is 2. The summed E-state index contributed by atoms with van der Waals surface area (Å²) in [6.45, 7) is 1.23. The number of phosphoric ester groups is 1. The van der Waals surface area contributed by atoms with Gasteiger partial charge >= 0.3 is 64.8 Å². The van der Waals surface area contributed by atoms with Gasteiger partial charge in [0.15, 0.2) is 6.23 Å². The molecule has 1 aromatic rings. The fraction of sp³-hybridized carbons (Fsp3) is 0.741. The molecule has 2 unspecified atom stereocenters. The van der Waals surface area contributed by atoms with E-state index in [2.05, 4.69) is 38.2 Å². The van der Waals surface area contributed by atoms with E-state index in [1.165, 1.54) is 44.6 Å². The summed E-state index contributed by atoms with van der Waals surface area (Å²) in [6.07, 6.45) is 14.3. The maximum absolute atomic E-state index is 12.5. The molecule has 252 valence electrons. The number of anilines is 1. The molecule has 6 atom stereocenters. The predicted molar refractivity (Wildman–Crippen MR) is 157 cm³/mol. The van der Waals surface area contributed by atoms with Gasteiger partial charge in [0.2, 0.25) is 5.91 Å². The van der Waals surface area contributed by atoms with Crippen LogP contribution in [0.15, 0.2) is 29.2 Å². The summed E-state index contributed by atoms with van der Waals surface area (Å²) in [5.41, 5.74) is -0.938. The number of hydrogen-bond acceptors (Lipinski definition) is 12. The molecule has 2 heterocycles. The number of carbonyl (C=O) groups excluding carboxylic acids is 1. The molecule has 4 N–H and O–H groups in total. The summed E-state index contributed by atoms with van der Waals surface area (Å²) in [4.78, 5) is 59.1. The third kappa shape index (κ3) is 18.8. The SMILES string of the molecule is CCCCCCCC/C=C\CCCCCCCC(=O)Nc1ccn([C@@H]2O[C@H](COP(=O)([O-])OP(=O)([O-])O)[C@@H](O)[C@H]2O)c(=O)n1.[Na+].[Na+]. The van der Waals surface area contributed by atoms with E-state index in [4.69, 9.17) is 9.63 Å². The monoisotopic (exact) mass is 711 g/mol. The van der Waals surface area contributed by atoms with Crippen molar-refractivity contribution in [2.75, 3.05) is 11.9 Å². The van der Waals surface area contributed by atoms with Crippen LogP contribution in [-0.2, 0) is 27.5 Å². The summed E-state index contributed by atoms with van der Waals surface area (Å²) in [7, 11) is -11.2. The van der Waals surface area contributed by atoms with Crippen molar-refractivity contribution in [3.63, 3.8) is 0 Å². The third-order valence-corrected chi connectivity index (χ3v) is 9.07. The first-order valence-corrected chi connectivity index (χ1v) is 18.0. The van der Waals surface area contributed by atoms with Crippen LogP contribution in [0.3, 0.4) is 0 Å². The molecule has 1 aliphatic rings. The molecule has 0 aliphatic carbocycles. The number of aliphatic hydroxyl groups excluding tert-OH is 2. The van der Waals surface area contributed by atoms with E-state index in [1.54, 1.807) is 0 Å². The Bertz CT molecular complexity index is 1200. The Balaban J connectivity index is 0.0000101. The van der Waals surface area contributed by atoms with Crippen LogP contribution < -0.4 is 79.9 Å². The average Bonchev–Trinajstić information content (AvgIpc) is 3.21. The minimum Gasteiger partial charge on any atom is -0.756 e. The molecule has 0 spiro atoms. The van der Waals surface area contributed by atoms with Gasteiger partial charge in [-0.15, -0.1) is 0 Å². The summed E-state index contributed by atoms with van der Waals surface area (Å²) >= 11 is 0. The fourth-order valence-electron chi connectivity index (χ4n) is 4.65. The fourth-order valence-corrected chi connectivity index (χ4v) is 6.18. The Labute approximate surface area is 314 Å². The van der Waals surface area contributed by atoms with Crippen LogP contribution in [0.5, 0.6) is 0 Å². The Hall–Kier alpha value is 0.230. The smallest absolute Gasteiger partial charge is 0.756 e. The van der Waals surface area contributed by atoms with E-state index in [1.807, 2.05) is 0 Å². The molecule has 0 aromatic carbocycles. The topological polar surface area (TPSA) is 233 Å². The molecule has 1 fully saturated rings. The zero-order valence-electron chi connectivity index (χ0n) is 27.0. The van der Waals surface area contributed by atoms with Gasteiger partial charge in [-0.2, -0.15) is 4.98 Å². The van der Waals surface area contributed by atoms with Crippen molar-refractivity contribution < 1.29 is 112 Å². The molecule has 0 saturated carbocycles. The van der Waals surface area contributed by atoms with E-state index in [9.17, 15) is 38.7 Å². The van der Waals surface area contributed by atoms with Gasteiger partial charge in [-0.3, -0.25) is 18.5 Å². The van der Waals surface area contributed by atoms with E-state index in [0.29, 0.717) is 6.42 Å². The molecule has 0 radical (unpaired) electrons. The number of aromatic nitrogens is 2. The number of amides is 1. The molecule has 1 aromatic heterocycles. The molecule has 15 nitrogen and oxygen atoms in total. The van der Waals surface area contributed by atoms with Gasteiger partial charge in [-0.1, -0.05) is 70.4 Å². The van der Waals surface area contributed by atoms with Crippen LogP contribution in [-0.4, -0.2) is 55.5 Å². The minimum atomic E-state index is -5.67. The van der Waals surface area contributed by atoms with Gasteiger partial charge in [-0.25, -0.2) is 9.11 Å². The number of hydrogen-bond donors (Lipinski definition) is 4. The van der Waals surface area contributed by atoms with Gasteiger partial charge in [0.05, 0.1) is 6.61 Å². The number of nitrogens with zero attached hydrogens (tertiary/aromatic N) is 2. The predicted octanol–water partition coefficient (Wildman–Crippen LogP) is -3.19. The number of unbranched alkanes of at least 4 members (excludes halogenated alkanes) is 11. The van der Waals surface area contributed by atoms with Crippen LogP contribution >= 0.6 is 15.6 Å². The summed E-state index contributed by atoms with van der Waals surface area (Å²) in [5, 5.41) is 23.0. The van der Waals surface area contributed by atoms with Gasteiger partial charge < -0.3 is 39.5 Å². The van der Waals surface area contributed by atoms with Gasteiger partial charge in [0, 0.05) is 12.6 Å². The molecule has 46 heavy (non-hydrogen) atoms. The van der Waals surface area contributed by atoms with E-state index < -0.39 is 52.5 Å². The van der Waals surface area contributed by atoms with Crippen LogP contribution in [0.2, 0.25) is 0 Å². The molecule has 1 amide bonds. The Morgan fingerprint density at radius 3 is 2.13 bits per heavy atom. The second-order valence-electron chi connectivity index (χ2n) is 10.7. The maximum atomic E-state index is 12.5. The zero-order chi connectivity index (χ0) is 32.6. The first kappa shape index (κ1) is 46.2. The third-order valence-electron chi connectivity index (χ3n) is 6.97. The van der Waals surface area contributed by atoms with Crippen molar-refractivity contribution in [3.05, 3.63) is 34.9 Å². The number of ether oxygens (including phenoxy) is 1. The zero-order valence-corrected chi connectivity index (χ0v) is 32.8. The summed E-state index contributed by atoms with van der Waals surface area (Å²) < 4.78 is 35.9. The van der Waals surface area contributed by atoms with Crippen molar-refractivity contribution >= 4 is 27.4 Å². The van der Waals surface area contributed by atoms with Crippen molar-refractivity contribution in [2.45, 2.75) is 121 Å². The number of allylic oxidation sites excluding steroid dienone is 2. The van der Waals surface area contributed by atoms with Gasteiger partial charge in [0.1, 0.15) is 24.1 Å². The van der Waals surface area contributed by atoms with Crippen LogP contribution in [0, 0.1) is 0 Å². The van der Waals surface area contributed by atoms with Crippen molar-refractivity contribution in [1.82, 2.24) is 9.55 Å². The molecule has 1 aliphatic heterocycles. The molecule has 0 bridgehead atoms. The summed E-state index contributed by atoms with van der Waals surface area (Å²) in [5.74, 6) is -0.334. The van der Waals surface area contributed by atoms with Crippen LogP contribution in [0.1, 0.15) is 103 Å². The largest absolute Gasteiger partial charge is 1.00 e. The maximum Gasteiger partial charge on any atom is 1.00 e. The second-order valence-corrected chi connectivity index (χ2v) is 13.5. The number of phosphoric acid groups is 2. The second kappa shape index (κ2) is 24.4. The minimum absolute atomic E-state index is 0. The van der Waals surface area contributed by atoms with E-state index >= 15 is 0 Å². The van der Waals surface area contributed by atoms with Crippen molar-refractivity contribution in [1.29, 1.82) is 0 Å². The van der Waals surface area contributed by atoms with E-state index in [-0.39, 0.29) is 77.3 Å². The van der Waals surface area contributed by atoms with Gasteiger partial charge in [-0.05, 0) is 38.2 Å². The van der Waals surface area contributed by atoms with Crippen molar-refractivity contribution in [2.24, 2.45) is 0 Å². The first-order chi connectivity index (χ1) is 20.8. The average molecular weight is 712 g/mol. The molecular formula is C27H45N3Na2O12P2. The Kier molecular flexibility index (Phi) is 24.5. The summed E-state index contributed by atoms with van der Waals surface area (Å²) in [6, 6.07) is 1.29. The number of nitrogens with one attached hydrogen (secondary N) is 1. The normalized spacial score (nSPS) is 22.0. The Morgan fingerprint density at radius 2 is 1.57 bits per heavy atom. The quantitative estimate of drug-likeness (QED) is 0.0403. The molecule has 1 saturated heterocycles. The van der Waals surface area contributed by atoms with E-state index in [0.717, 1.165) is 49.3 Å². The number of rotatable bonds is 22. The molecular weight excluding hydrogens is 666 g/mol. The first-order valence-electron chi connectivity index (χ1n) is 15.1. The van der Waals surface area contributed by atoms with Gasteiger partial charge in [0.25, 0.3) is 15.6 Å². The standard InChI is InChI=1S/C27H47N3O12P2.2Na/c1-2-3-4-5-6-7-8-9-10-11-12-13-14-15-16-17-23(31)28-22-18-19-30(27(34)29-22)26-25(33)24(32)21(41-26)20-40-44(38,39)42-43(35,36)37;;/h9-10,18-19,21,24-26,32-33H,2-8,11-17,20H2,1H3,(H,38,39)(H2,35,36,37)(H,28,29,31,34);;/q;2*+1/p-2/b10-9-;;/t21-,24-,25-,26-;;/m1../s1. The Morgan fingerprint density at radius 1 is 1.00 bits per heavy atom. The molecule has 19 heteroatoms. The van der Waals surface area contributed by atoms with Crippen LogP contribution in [0.25, 0.3) is 0 Å². The van der Waals surface area contributed by atoms with Crippen LogP contribution in [0.4, 0.5) is 5.82 Å². The molecule has 2 rings (SSSR count). The number of carbonyl (C=O) groups is 1.